The third-order valence-electron chi connectivity index (χ3n) is 4.63. The van der Waals surface area contributed by atoms with E-state index in [2.05, 4.69) is 16.5 Å². The van der Waals surface area contributed by atoms with Gasteiger partial charge in [-0.1, -0.05) is 19.8 Å². The Hall–Kier alpha value is -1.16. The summed E-state index contributed by atoms with van der Waals surface area (Å²) in [5.74, 6) is 1.38. The van der Waals surface area contributed by atoms with E-state index < -0.39 is 0 Å². The first-order valence-corrected chi connectivity index (χ1v) is 7.84. The maximum Gasteiger partial charge on any atom is 0.178 e. The van der Waals surface area contributed by atoms with Crippen molar-refractivity contribution in [3.05, 3.63) is 28.3 Å². The average Bonchev–Trinajstić information content (AvgIpc) is 2.69. The number of imidazole rings is 1. The normalized spacial score (nSPS) is 23.4. The zero-order valence-electron chi connectivity index (χ0n) is 12.1. The lowest BCUT2D eigenvalue weighted by atomic mass is 9.83. The molecule has 0 bridgehead atoms. The number of aromatic nitrogens is 2. The van der Waals surface area contributed by atoms with Gasteiger partial charge < -0.3 is 9.55 Å². The number of aryl methyl sites for hydroxylation is 1. The summed E-state index contributed by atoms with van der Waals surface area (Å²) in [5.41, 5.74) is 2.52. The van der Waals surface area contributed by atoms with E-state index in [1.807, 2.05) is 6.07 Å². The first-order valence-electron chi connectivity index (χ1n) is 7.43. The van der Waals surface area contributed by atoms with Crippen LogP contribution in [0.3, 0.4) is 0 Å². The molecule has 1 saturated carbocycles. The first kappa shape index (κ1) is 13.8. The van der Waals surface area contributed by atoms with Gasteiger partial charge in [-0.2, -0.15) is 0 Å². The number of H-pyrrole nitrogens is 1. The predicted molar refractivity (Wildman–Crippen MR) is 82.9 cm³/mol. The molecule has 0 atom stereocenters. The van der Waals surface area contributed by atoms with Gasteiger partial charge >= 0.3 is 0 Å². The highest BCUT2D eigenvalue weighted by molar-refractivity contribution is 7.71. The smallest absolute Gasteiger partial charge is 0.178 e. The van der Waals surface area contributed by atoms with Crippen LogP contribution in [0.15, 0.2) is 12.1 Å². The average molecular weight is 292 g/mol. The summed E-state index contributed by atoms with van der Waals surface area (Å²) in [5, 5.41) is 0. The number of fused-ring (bicyclic) bond motifs is 1. The fourth-order valence-corrected chi connectivity index (χ4v) is 3.52. The van der Waals surface area contributed by atoms with Crippen LogP contribution in [-0.2, 0) is 6.54 Å². The summed E-state index contributed by atoms with van der Waals surface area (Å²) in [6, 6.07) is 3.46. The summed E-state index contributed by atoms with van der Waals surface area (Å²) >= 11 is 5.42. The van der Waals surface area contributed by atoms with Crippen molar-refractivity contribution in [3.63, 3.8) is 0 Å². The van der Waals surface area contributed by atoms with Crippen LogP contribution in [-0.4, -0.2) is 9.55 Å². The summed E-state index contributed by atoms with van der Waals surface area (Å²) in [6.07, 6.45) is 5.17. The maximum absolute atomic E-state index is 13.6. The molecular weight excluding hydrogens is 271 g/mol. The minimum atomic E-state index is -0.174. The van der Waals surface area contributed by atoms with Gasteiger partial charge in [0.05, 0.1) is 11.0 Å². The van der Waals surface area contributed by atoms with Crippen molar-refractivity contribution in [3.8, 4) is 0 Å². The molecule has 0 saturated heterocycles. The molecule has 2 nitrogen and oxygen atoms in total. The third-order valence-corrected chi connectivity index (χ3v) is 4.95. The quantitative estimate of drug-likeness (QED) is 0.775. The van der Waals surface area contributed by atoms with Crippen LogP contribution in [0.4, 0.5) is 4.39 Å². The molecule has 1 N–H and O–H groups in total. The molecule has 1 aromatic heterocycles. The second-order valence-electron chi connectivity index (χ2n) is 6.29. The Morgan fingerprint density at radius 1 is 1.30 bits per heavy atom. The fraction of sp³-hybridized carbons (Fsp3) is 0.562. The van der Waals surface area contributed by atoms with E-state index in [-0.39, 0.29) is 5.82 Å². The largest absolute Gasteiger partial charge is 0.330 e. The number of benzene rings is 1. The van der Waals surface area contributed by atoms with Gasteiger partial charge in [-0.3, -0.25) is 0 Å². The van der Waals surface area contributed by atoms with Crippen LogP contribution < -0.4 is 0 Å². The third kappa shape index (κ3) is 2.53. The van der Waals surface area contributed by atoms with Crippen LogP contribution in [0.5, 0.6) is 0 Å². The minimum Gasteiger partial charge on any atom is -0.330 e. The molecule has 1 aromatic carbocycles. The summed E-state index contributed by atoms with van der Waals surface area (Å²) in [6.45, 7) is 5.09. The number of hydrogen-bond acceptors (Lipinski definition) is 1. The first-order chi connectivity index (χ1) is 9.54. The van der Waals surface area contributed by atoms with E-state index in [9.17, 15) is 4.39 Å². The van der Waals surface area contributed by atoms with Gasteiger partial charge in [0.2, 0.25) is 0 Å². The number of aromatic amines is 1. The summed E-state index contributed by atoms with van der Waals surface area (Å²) < 4.78 is 16.5. The van der Waals surface area contributed by atoms with E-state index in [1.165, 1.54) is 25.7 Å². The van der Waals surface area contributed by atoms with Crippen molar-refractivity contribution >= 4 is 23.3 Å². The number of hydrogen-bond donors (Lipinski definition) is 1. The van der Waals surface area contributed by atoms with Crippen molar-refractivity contribution in [2.24, 2.45) is 11.8 Å². The van der Waals surface area contributed by atoms with Gasteiger partial charge in [0.25, 0.3) is 0 Å². The standard InChI is InChI=1S/C16H21FN2S/c1-10-3-5-12(6-4-10)9-19-15-7-11(2)13(17)8-14(15)18-16(19)20/h7-8,10,12H,3-6,9H2,1-2H3,(H,18,20). The van der Waals surface area contributed by atoms with Crippen LogP contribution in [0.1, 0.15) is 38.2 Å². The number of rotatable bonds is 2. The monoisotopic (exact) mass is 292 g/mol. The van der Waals surface area contributed by atoms with E-state index in [0.29, 0.717) is 16.3 Å². The predicted octanol–water partition coefficient (Wildman–Crippen LogP) is 4.97. The molecule has 2 aromatic rings. The lowest BCUT2D eigenvalue weighted by Crippen LogP contribution is -2.17. The topological polar surface area (TPSA) is 20.7 Å². The van der Waals surface area contributed by atoms with Gasteiger partial charge in [-0.25, -0.2) is 4.39 Å². The van der Waals surface area contributed by atoms with Crippen molar-refractivity contribution in [2.45, 2.75) is 46.1 Å². The Kier molecular flexibility index (Phi) is 3.67. The van der Waals surface area contributed by atoms with E-state index >= 15 is 0 Å². The summed E-state index contributed by atoms with van der Waals surface area (Å²) in [7, 11) is 0. The molecule has 0 radical (unpaired) electrons. The zero-order valence-corrected chi connectivity index (χ0v) is 12.9. The minimum absolute atomic E-state index is 0.174. The fourth-order valence-electron chi connectivity index (χ4n) is 3.23. The Labute approximate surface area is 124 Å². The highest BCUT2D eigenvalue weighted by Gasteiger charge is 2.20. The Morgan fingerprint density at radius 3 is 2.70 bits per heavy atom. The SMILES string of the molecule is Cc1cc2c(cc1F)[nH]c(=S)n2CC1CCC(C)CC1. The van der Waals surface area contributed by atoms with E-state index in [1.54, 1.807) is 13.0 Å². The molecule has 0 amide bonds. The van der Waals surface area contributed by atoms with Crippen LogP contribution >= 0.6 is 12.2 Å². The van der Waals surface area contributed by atoms with Crippen LogP contribution in [0, 0.1) is 29.3 Å². The molecule has 3 rings (SSSR count). The molecule has 0 spiro atoms. The van der Waals surface area contributed by atoms with Crippen molar-refractivity contribution in [1.82, 2.24) is 9.55 Å². The number of nitrogens with one attached hydrogen (secondary N) is 1. The van der Waals surface area contributed by atoms with Gasteiger partial charge in [0, 0.05) is 6.54 Å². The molecule has 1 aliphatic rings. The van der Waals surface area contributed by atoms with Crippen molar-refractivity contribution in [2.75, 3.05) is 0 Å². The molecule has 108 valence electrons. The maximum atomic E-state index is 13.6. The van der Waals surface area contributed by atoms with E-state index in [0.717, 1.165) is 23.5 Å². The molecule has 1 heterocycles. The molecule has 0 unspecified atom stereocenters. The molecule has 1 aliphatic carbocycles. The number of nitrogens with zero attached hydrogens (tertiary/aromatic N) is 1. The molecule has 0 aliphatic heterocycles. The molecule has 4 heteroatoms. The molecule has 1 fully saturated rings. The Morgan fingerprint density at radius 2 is 2.00 bits per heavy atom. The van der Waals surface area contributed by atoms with Crippen LogP contribution in [0.25, 0.3) is 11.0 Å². The highest BCUT2D eigenvalue weighted by Crippen LogP contribution is 2.30. The second kappa shape index (κ2) is 5.32. The summed E-state index contributed by atoms with van der Waals surface area (Å²) in [4.78, 5) is 3.13. The molecule has 20 heavy (non-hydrogen) atoms. The number of halogens is 1. The van der Waals surface area contributed by atoms with Gasteiger partial charge in [-0.05, 0) is 61.5 Å². The highest BCUT2D eigenvalue weighted by atomic mass is 32.1. The van der Waals surface area contributed by atoms with Gasteiger partial charge in [0.15, 0.2) is 4.77 Å². The Bertz CT molecular complexity index is 678. The van der Waals surface area contributed by atoms with Crippen molar-refractivity contribution in [1.29, 1.82) is 0 Å². The van der Waals surface area contributed by atoms with Crippen LogP contribution in [0.2, 0.25) is 0 Å². The van der Waals surface area contributed by atoms with Gasteiger partial charge in [0.1, 0.15) is 5.82 Å². The van der Waals surface area contributed by atoms with E-state index in [4.69, 9.17) is 12.2 Å². The Balaban J connectivity index is 1.93. The zero-order chi connectivity index (χ0) is 14.3. The second-order valence-corrected chi connectivity index (χ2v) is 6.67. The van der Waals surface area contributed by atoms with Crippen molar-refractivity contribution < 1.29 is 4.39 Å². The molecular formula is C16H21FN2S. The lowest BCUT2D eigenvalue weighted by Gasteiger charge is -2.26. The van der Waals surface area contributed by atoms with Gasteiger partial charge in [-0.15, -0.1) is 0 Å². The lowest BCUT2D eigenvalue weighted by molar-refractivity contribution is 0.266.